The molecule has 1 aromatic carbocycles. The highest BCUT2D eigenvalue weighted by Crippen LogP contribution is 2.60. The molecule has 3 amide bonds. The summed E-state index contributed by atoms with van der Waals surface area (Å²) in [6, 6.07) is 6.21. The molecular formula is C25H33N3O4. The Morgan fingerprint density at radius 3 is 2.75 bits per heavy atom. The van der Waals surface area contributed by atoms with E-state index in [1.54, 1.807) is 0 Å². The Hall–Kier alpha value is -1.96. The summed E-state index contributed by atoms with van der Waals surface area (Å²) in [7, 11) is 0. The number of hydrogen-bond acceptors (Lipinski definition) is 5. The van der Waals surface area contributed by atoms with E-state index in [0.717, 1.165) is 52.0 Å². The monoisotopic (exact) mass is 439 g/mol. The van der Waals surface area contributed by atoms with Crippen molar-refractivity contribution in [3.63, 3.8) is 0 Å². The minimum Gasteiger partial charge on any atom is -0.387 e. The highest BCUT2D eigenvalue weighted by atomic mass is 16.5. The molecule has 4 atom stereocenters. The lowest BCUT2D eigenvalue weighted by atomic mass is 9.46. The van der Waals surface area contributed by atoms with Crippen molar-refractivity contribution < 1.29 is 19.4 Å². The molecule has 6 rings (SSSR count). The second-order valence-electron chi connectivity index (χ2n) is 10.9. The van der Waals surface area contributed by atoms with Gasteiger partial charge in [0.25, 0.3) is 5.91 Å². The first-order chi connectivity index (χ1) is 15.4. The minimum atomic E-state index is -0.922. The molecule has 3 saturated heterocycles. The second-order valence-corrected chi connectivity index (χ2v) is 10.9. The third-order valence-electron chi connectivity index (χ3n) is 9.23. The molecule has 5 aliphatic rings. The summed E-state index contributed by atoms with van der Waals surface area (Å²) >= 11 is 0. The number of piperidine rings is 1. The Bertz CT molecular complexity index is 976. The summed E-state index contributed by atoms with van der Waals surface area (Å²) in [5.41, 5.74) is 1.28. The standard InChI is InChI=1S/C25H33N3O4/c1-16-2-3-18-13-20-25(31)7-6-24(21(29)26-22(30)27-24)15-23(25,19(18)12-16)8-9-28(20)14-17-4-10-32-11-5-17/h2-3,12,17,20,31H,4-11,13-15H2,1H3,(H2,26,27,29,30)/t20-,23-,24+,25-/m1/s1. The molecule has 3 N–H and O–H groups in total. The third-order valence-corrected chi connectivity index (χ3v) is 9.23. The van der Waals surface area contributed by atoms with Gasteiger partial charge in [-0.2, -0.15) is 0 Å². The molecule has 1 aromatic rings. The molecule has 0 aromatic heterocycles. The van der Waals surface area contributed by atoms with Crippen LogP contribution in [0, 0.1) is 12.8 Å². The molecule has 2 aliphatic carbocycles. The maximum absolute atomic E-state index is 12.9. The van der Waals surface area contributed by atoms with Gasteiger partial charge >= 0.3 is 6.03 Å². The summed E-state index contributed by atoms with van der Waals surface area (Å²) in [5, 5.41) is 17.9. The van der Waals surface area contributed by atoms with E-state index in [2.05, 4.69) is 40.7 Å². The first-order valence-electron chi connectivity index (χ1n) is 12.1. The normalized spacial score (nSPS) is 39.4. The molecular weight excluding hydrogens is 406 g/mol. The number of rotatable bonds is 2. The number of nitrogens with one attached hydrogen (secondary N) is 2. The smallest absolute Gasteiger partial charge is 0.322 e. The van der Waals surface area contributed by atoms with Gasteiger partial charge in [-0.3, -0.25) is 15.0 Å². The van der Waals surface area contributed by atoms with Crippen molar-refractivity contribution in [2.24, 2.45) is 5.92 Å². The van der Waals surface area contributed by atoms with Gasteiger partial charge in [0.1, 0.15) is 5.54 Å². The van der Waals surface area contributed by atoms with Crippen molar-refractivity contribution in [1.29, 1.82) is 0 Å². The summed E-state index contributed by atoms with van der Waals surface area (Å²) in [6.07, 6.45) is 5.25. The van der Waals surface area contributed by atoms with Crippen LogP contribution in [0.2, 0.25) is 0 Å². The van der Waals surface area contributed by atoms with Gasteiger partial charge in [-0.1, -0.05) is 23.8 Å². The van der Waals surface area contributed by atoms with Crippen molar-refractivity contribution in [1.82, 2.24) is 15.5 Å². The number of carbonyl (C=O) groups is 2. The number of benzene rings is 1. The van der Waals surface area contributed by atoms with Crippen LogP contribution in [0.5, 0.6) is 0 Å². The SMILES string of the molecule is Cc1ccc2c(c1)[C@]13CCN(CC4CCOCC4)[C@H](C2)[C@]1(O)CC[C@@]1(C3)NC(=O)NC1=O. The minimum absolute atomic E-state index is 0.0341. The van der Waals surface area contributed by atoms with E-state index in [4.69, 9.17) is 4.74 Å². The van der Waals surface area contributed by atoms with Gasteiger partial charge in [0, 0.05) is 31.2 Å². The zero-order valence-corrected chi connectivity index (χ0v) is 18.8. The fourth-order valence-electron chi connectivity index (χ4n) is 7.57. The predicted octanol–water partition coefficient (Wildman–Crippen LogP) is 1.78. The Labute approximate surface area is 188 Å². The fourth-order valence-corrected chi connectivity index (χ4v) is 7.57. The summed E-state index contributed by atoms with van der Waals surface area (Å²) in [4.78, 5) is 27.5. The van der Waals surface area contributed by atoms with Crippen molar-refractivity contribution in [3.8, 4) is 0 Å². The number of carbonyl (C=O) groups excluding carboxylic acids is 2. The number of ether oxygens (including phenoxy) is 1. The van der Waals surface area contributed by atoms with Crippen LogP contribution in [0.1, 0.15) is 55.2 Å². The van der Waals surface area contributed by atoms with Crippen molar-refractivity contribution >= 4 is 11.9 Å². The lowest BCUT2D eigenvalue weighted by molar-refractivity contribution is -0.182. The molecule has 1 saturated carbocycles. The summed E-state index contributed by atoms with van der Waals surface area (Å²) in [5.74, 6) is 0.369. The first-order valence-corrected chi connectivity index (χ1v) is 12.1. The molecule has 7 heteroatoms. The van der Waals surface area contributed by atoms with E-state index >= 15 is 0 Å². The summed E-state index contributed by atoms with van der Waals surface area (Å²) in [6.45, 7) is 5.65. The van der Waals surface area contributed by atoms with E-state index in [-0.39, 0.29) is 11.9 Å². The molecule has 0 radical (unpaired) electrons. The van der Waals surface area contributed by atoms with Crippen molar-refractivity contribution in [2.45, 2.75) is 74.5 Å². The third kappa shape index (κ3) is 2.77. The maximum atomic E-state index is 12.9. The molecule has 0 unspecified atom stereocenters. The molecule has 3 aliphatic heterocycles. The zero-order valence-electron chi connectivity index (χ0n) is 18.8. The number of hydrogen-bond donors (Lipinski definition) is 3. The van der Waals surface area contributed by atoms with Gasteiger partial charge < -0.3 is 15.2 Å². The number of likely N-dealkylation sites (tertiary alicyclic amines) is 1. The number of fused-ring (bicyclic) bond motifs is 1. The Morgan fingerprint density at radius 2 is 2.00 bits per heavy atom. The number of nitrogens with zero attached hydrogens (tertiary/aromatic N) is 1. The molecule has 3 heterocycles. The molecule has 32 heavy (non-hydrogen) atoms. The van der Waals surface area contributed by atoms with E-state index < -0.39 is 22.6 Å². The van der Waals surface area contributed by atoms with Crippen LogP contribution in [0.15, 0.2) is 18.2 Å². The quantitative estimate of drug-likeness (QED) is 0.611. The van der Waals surface area contributed by atoms with Crippen LogP contribution < -0.4 is 10.6 Å². The average Bonchev–Trinajstić information content (AvgIpc) is 3.04. The zero-order chi connectivity index (χ0) is 22.1. The number of aliphatic hydroxyl groups is 1. The molecule has 172 valence electrons. The van der Waals surface area contributed by atoms with Gasteiger partial charge in [0.15, 0.2) is 0 Å². The van der Waals surface area contributed by atoms with Crippen LogP contribution in [0.3, 0.4) is 0 Å². The highest BCUT2D eigenvalue weighted by Gasteiger charge is 2.69. The van der Waals surface area contributed by atoms with Gasteiger partial charge in [0.05, 0.1) is 5.60 Å². The van der Waals surface area contributed by atoms with Gasteiger partial charge in [-0.25, -0.2) is 4.79 Å². The van der Waals surface area contributed by atoms with Crippen LogP contribution >= 0.6 is 0 Å². The highest BCUT2D eigenvalue weighted by molar-refractivity contribution is 6.07. The molecule has 7 nitrogen and oxygen atoms in total. The Kier molecular flexibility index (Phi) is 4.52. The first kappa shape index (κ1) is 20.6. The largest absolute Gasteiger partial charge is 0.387 e. The topological polar surface area (TPSA) is 90.9 Å². The van der Waals surface area contributed by atoms with Crippen LogP contribution in [-0.4, -0.2) is 65.4 Å². The summed E-state index contributed by atoms with van der Waals surface area (Å²) < 4.78 is 5.56. The van der Waals surface area contributed by atoms with E-state index in [1.807, 2.05) is 0 Å². The lowest BCUT2D eigenvalue weighted by Crippen LogP contribution is -2.76. The van der Waals surface area contributed by atoms with Gasteiger partial charge in [-0.15, -0.1) is 0 Å². The second kappa shape index (κ2) is 7.02. The fraction of sp³-hybridized carbons (Fsp3) is 0.680. The van der Waals surface area contributed by atoms with E-state index in [9.17, 15) is 14.7 Å². The lowest BCUT2D eigenvalue weighted by Gasteiger charge is -2.66. The van der Waals surface area contributed by atoms with Crippen molar-refractivity contribution in [3.05, 3.63) is 34.9 Å². The Morgan fingerprint density at radius 1 is 1.19 bits per heavy atom. The van der Waals surface area contributed by atoms with Crippen LogP contribution in [0.4, 0.5) is 4.79 Å². The number of imide groups is 1. The number of aryl methyl sites for hydroxylation is 1. The van der Waals surface area contributed by atoms with Crippen LogP contribution in [0.25, 0.3) is 0 Å². The van der Waals surface area contributed by atoms with Crippen LogP contribution in [-0.2, 0) is 21.4 Å². The van der Waals surface area contributed by atoms with E-state index in [1.165, 1.54) is 16.7 Å². The predicted molar refractivity (Wildman–Crippen MR) is 118 cm³/mol. The molecule has 2 bridgehead atoms. The van der Waals surface area contributed by atoms with Gasteiger partial charge in [0.2, 0.25) is 0 Å². The Balaban J connectivity index is 1.42. The van der Waals surface area contributed by atoms with E-state index in [0.29, 0.717) is 25.2 Å². The maximum Gasteiger partial charge on any atom is 0.322 e. The molecule has 4 fully saturated rings. The van der Waals surface area contributed by atoms with Gasteiger partial charge in [-0.05, 0) is 75.5 Å². The number of urea groups is 1. The number of amides is 3. The van der Waals surface area contributed by atoms with Crippen molar-refractivity contribution in [2.75, 3.05) is 26.3 Å². The molecule has 1 spiro atoms. The average molecular weight is 440 g/mol.